The van der Waals surface area contributed by atoms with Crippen molar-refractivity contribution >= 4 is 15.9 Å². The van der Waals surface area contributed by atoms with Crippen LogP contribution in [0, 0.1) is 0 Å². The molecule has 1 heterocycles. The van der Waals surface area contributed by atoms with Gasteiger partial charge in [-0.3, -0.25) is 4.72 Å². The van der Waals surface area contributed by atoms with Gasteiger partial charge < -0.3 is 4.90 Å². The van der Waals surface area contributed by atoms with Gasteiger partial charge in [0, 0.05) is 30.9 Å². The van der Waals surface area contributed by atoms with Crippen LogP contribution in [0.15, 0.2) is 30.3 Å². The molecule has 21 heavy (non-hydrogen) atoms. The maximum atomic E-state index is 12.6. The number of benzene rings is 1. The SMILES string of the molecule is CCCN1CCN(S(=O)(=O)Nc2ccccc2)C(C)(C)C1. The summed E-state index contributed by atoms with van der Waals surface area (Å²) >= 11 is 0. The number of anilines is 1. The minimum absolute atomic E-state index is 0.409. The number of hydrogen-bond donors (Lipinski definition) is 1. The van der Waals surface area contributed by atoms with E-state index in [1.165, 1.54) is 0 Å². The van der Waals surface area contributed by atoms with Gasteiger partial charge in [0.2, 0.25) is 0 Å². The van der Waals surface area contributed by atoms with Crippen LogP contribution in [-0.4, -0.2) is 49.3 Å². The second-order valence-electron chi connectivity index (χ2n) is 6.13. The van der Waals surface area contributed by atoms with Crippen LogP contribution in [0.5, 0.6) is 0 Å². The van der Waals surface area contributed by atoms with Crippen LogP contribution in [0.3, 0.4) is 0 Å². The summed E-state index contributed by atoms with van der Waals surface area (Å²) in [6.45, 7) is 9.20. The lowest BCUT2D eigenvalue weighted by atomic mass is 10.0. The topological polar surface area (TPSA) is 52.7 Å². The zero-order valence-electron chi connectivity index (χ0n) is 13.0. The molecule has 1 aliphatic rings. The van der Waals surface area contributed by atoms with E-state index in [9.17, 15) is 8.42 Å². The molecule has 6 heteroatoms. The van der Waals surface area contributed by atoms with Crippen molar-refractivity contribution in [1.82, 2.24) is 9.21 Å². The van der Waals surface area contributed by atoms with E-state index in [0.717, 1.165) is 26.1 Å². The van der Waals surface area contributed by atoms with Crippen molar-refractivity contribution < 1.29 is 8.42 Å². The van der Waals surface area contributed by atoms with E-state index in [4.69, 9.17) is 0 Å². The van der Waals surface area contributed by atoms with Gasteiger partial charge in [-0.1, -0.05) is 25.1 Å². The zero-order valence-corrected chi connectivity index (χ0v) is 13.9. The summed E-state index contributed by atoms with van der Waals surface area (Å²) in [6, 6.07) is 9.03. The Kier molecular flexibility index (Phi) is 4.91. The minimum atomic E-state index is -3.53. The Balaban J connectivity index is 2.13. The molecule has 1 N–H and O–H groups in total. The van der Waals surface area contributed by atoms with Gasteiger partial charge in [-0.25, -0.2) is 0 Å². The maximum Gasteiger partial charge on any atom is 0.302 e. The first-order chi connectivity index (χ1) is 9.85. The normalized spacial score (nSPS) is 20.3. The molecule has 1 saturated heterocycles. The van der Waals surface area contributed by atoms with Gasteiger partial charge in [-0.15, -0.1) is 0 Å². The van der Waals surface area contributed by atoms with Crippen molar-refractivity contribution in [3.8, 4) is 0 Å². The third kappa shape index (κ3) is 3.96. The van der Waals surface area contributed by atoms with Crippen molar-refractivity contribution in [3.05, 3.63) is 30.3 Å². The summed E-state index contributed by atoms with van der Waals surface area (Å²) < 4.78 is 29.5. The number of nitrogens with zero attached hydrogens (tertiary/aromatic N) is 2. The van der Waals surface area contributed by atoms with Gasteiger partial charge in [0.05, 0.1) is 0 Å². The average molecular weight is 311 g/mol. The van der Waals surface area contributed by atoms with Crippen LogP contribution < -0.4 is 4.72 Å². The number of para-hydroxylation sites is 1. The predicted molar refractivity (Wildman–Crippen MR) is 86.5 cm³/mol. The van der Waals surface area contributed by atoms with E-state index >= 15 is 0 Å². The average Bonchev–Trinajstić information content (AvgIpc) is 2.38. The van der Waals surface area contributed by atoms with Gasteiger partial charge in [-0.2, -0.15) is 12.7 Å². The highest BCUT2D eigenvalue weighted by Gasteiger charge is 2.40. The maximum absolute atomic E-state index is 12.6. The van der Waals surface area contributed by atoms with Gasteiger partial charge in [0.15, 0.2) is 0 Å². The molecule has 0 saturated carbocycles. The van der Waals surface area contributed by atoms with Crippen LogP contribution >= 0.6 is 0 Å². The third-order valence-corrected chi connectivity index (χ3v) is 5.51. The van der Waals surface area contributed by atoms with Crippen LogP contribution in [0.25, 0.3) is 0 Å². The Morgan fingerprint density at radius 1 is 1.19 bits per heavy atom. The molecule has 1 aliphatic heterocycles. The van der Waals surface area contributed by atoms with Crippen molar-refractivity contribution in [2.24, 2.45) is 0 Å². The van der Waals surface area contributed by atoms with E-state index < -0.39 is 15.7 Å². The van der Waals surface area contributed by atoms with E-state index in [1.807, 2.05) is 32.0 Å². The molecule has 118 valence electrons. The molecule has 5 nitrogen and oxygen atoms in total. The van der Waals surface area contributed by atoms with Gasteiger partial charge >= 0.3 is 10.2 Å². The second-order valence-corrected chi connectivity index (χ2v) is 7.73. The van der Waals surface area contributed by atoms with Crippen LogP contribution in [0.1, 0.15) is 27.2 Å². The van der Waals surface area contributed by atoms with Crippen LogP contribution in [0.4, 0.5) is 5.69 Å². The summed E-state index contributed by atoms with van der Waals surface area (Å²) in [5, 5.41) is 0. The standard InChI is InChI=1S/C15H25N3O2S/c1-4-10-17-11-12-18(15(2,3)13-17)21(19,20)16-14-8-6-5-7-9-14/h5-9,16H,4,10-13H2,1-3H3. The summed E-state index contributed by atoms with van der Waals surface area (Å²) in [5.74, 6) is 0. The lowest BCUT2D eigenvalue weighted by Crippen LogP contribution is -2.61. The number of piperazine rings is 1. The van der Waals surface area contributed by atoms with Gasteiger partial charge in [-0.05, 0) is 38.9 Å². The molecule has 0 aromatic heterocycles. The fourth-order valence-electron chi connectivity index (χ4n) is 2.90. The van der Waals surface area contributed by atoms with Gasteiger partial charge in [0.1, 0.15) is 0 Å². The second kappa shape index (κ2) is 6.34. The highest BCUT2D eigenvalue weighted by molar-refractivity contribution is 7.90. The fourth-order valence-corrected chi connectivity index (χ4v) is 4.48. The van der Waals surface area contributed by atoms with Gasteiger partial charge in [0.25, 0.3) is 0 Å². The number of hydrogen-bond acceptors (Lipinski definition) is 3. The fraction of sp³-hybridized carbons (Fsp3) is 0.600. The first kappa shape index (κ1) is 16.3. The Morgan fingerprint density at radius 3 is 2.43 bits per heavy atom. The lowest BCUT2D eigenvalue weighted by Gasteiger charge is -2.45. The minimum Gasteiger partial charge on any atom is -0.300 e. The molecule has 0 radical (unpaired) electrons. The smallest absolute Gasteiger partial charge is 0.300 e. The Morgan fingerprint density at radius 2 is 1.86 bits per heavy atom. The molecule has 0 bridgehead atoms. The first-order valence-corrected chi connectivity index (χ1v) is 8.87. The molecule has 1 aromatic rings. The molecule has 1 aromatic carbocycles. The quantitative estimate of drug-likeness (QED) is 0.906. The molecule has 0 spiro atoms. The predicted octanol–water partition coefficient (Wildman–Crippen LogP) is 2.15. The Hall–Kier alpha value is -1.11. The molecular weight excluding hydrogens is 286 g/mol. The summed E-state index contributed by atoms with van der Waals surface area (Å²) in [5.41, 5.74) is 0.192. The summed E-state index contributed by atoms with van der Waals surface area (Å²) in [7, 11) is -3.53. The summed E-state index contributed by atoms with van der Waals surface area (Å²) in [4.78, 5) is 2.33. The van der Waals surface area contributed by atoms with E-state index in [-0.39, 0.29) is 0 Å². The monoisotopic (exact) mass is 311 g/mol. The van der Waals surface area contributed by atoms with E-state index in [2.05, 4.69) is 16.5 Å². The van der Waals surface area contributed by atoms with Crippen molar-refractivity contribution in [2.75, 3.05) is 30.9 Å². The zero-order chi connectivity index (χ0) is 15.5. The van der Waals surface area contributed by atoms with Crippen molar-refractivity contribution in [3.63, 3.8) is 0 Å². The van der Waals surface area contributed by atoms with E-state index in [0.29, 0.717) is 12.2 Å². The highest BCUT2D eigenvalue weighted by atomic mass is 32.2. The molecule has 0 atom stereocenters. The largest absolute Gasteiger partial charge is 0.302 e. The molecule has 0 unspecified atom stereocenters. The number of nitrogens with one attached hydrogen (secondary N) is 1. The Labute approximate surface area is 128 Å². The van der Waals surface area contributed by atoms with Crippen molar-refractivity contribution in [2.45, 2.75) is 32.7 Å². The first-order valence-electron chi connectivity index (χ1n) is 7.43. The molecule has 0 amide bonds. The van der Waals surface area contributed by atoms with Crippen LogP contribution in [0.2, 0.25) is 0 Å². The molecule has 1 fully saturated rings. The highest BCUT2D eigenvalue weighted by Crippen LogP contribution is 2.25. The molecular formula is C15H25N3O2S. The molecule has 0 aliphatic carbocycles. The lowest BCUT2D eigenvalue weighted by molar-refractivity contribution is 0.0822. The van der Waals surface area contributed by atoms with E-state index in [1.54, 1.807) is 16.4 Å². The van der Waals surface area contributed by atoms with Crippen molar-refractivity contribution in [1.29, 1.82) is 0 Å². The summed E-state index contributed by atoms with van der Waals surface area (Å²) in [6.07, 6.45) is 1.09. The Bertz CT molecular complexity index is 558. The number of rotatable bonds is 5. The third-order valence-electron chi connectivity index (χ3n) is 3.76. The van der Waals surface area contributed by atoms with Crippen LogP contribution in [-0.2, 0) is 10.2 Å². The molecule has 2 rings (SSSR count).